The Hall–Kier alpha value is -1.00. The Morgan fingerprint density at radius 1 is 1.43 bits per heavy atom. The van der Waals surface area contributed by atoms with E-state index in [0.29, 0.717) is 19.7 Å². The van der Waals surface area contributed by atoms with E-state index in [-0.39, 0.29) is 11.6 Å². The van der Waals surface area contributed by atoms with Crippen LogP contribution < -0.4 is 0 Å². The number of H-pyrrole nitrogens is 1. The fraction of sp³-hybridized carbons (Fsp3) is 0.786. The van der Waals surface area contributed by atoms with Gasteiger partial charge < -0.3 is 9.72 Å². The van der Waals surface area contributed by atoms with Crippen LogP contribution in [0, 0.1) is 0 Å². The largest absolute Gasteiger partial charge is 0.378 e. The van der Waals surface area contributed by atoms with Crippen molar-refractivity contribution < 1.29 is 13.2 Å². The maximum Gasteiger partial charge on any atom is 0.211 e. The molecule has 0 radical (unpaired) electrons. The fourth-order valence-electron chi connectivity index (χ4n) is 4.19. The van der Waals surface area contributed by atoms with Gasteiger partial charge in [-0.2, -0.15) is 4.31 Å². The maximum atomic E-state index is 12.1. The van der Waals surface area contributed by atoms with Crippen LogP contribution >= 0.6 is 0 Å². The molecule has 128 valence electrons. The lowest BCUT2D eigenvalue weighted by molar-refractivity contribution is -0.154. The quantitative estimate of drug-likeness (QED) is 0.755. The lowest BCUT2D eigenvalue weighted by atomic mass is 9.83. The number of nitrogens with one attached hydrogen (secondary N) is 1. The number of aromatic nitrogens is 2. The molecule has 1 aromatic rings. The average Bonchev–Trinajstić information content (AvgIpc) is 2.97. The minimum absolute atomic E-state index is 0.0736. The van der Waals surface area contributed by atoms with Gasteiger partial charge in [0.05, 0.1) is 31.3 Å². The lowest BCUT2D eigenvalue weighted by Gasteiger charge is -2.63. The summed E-state index contributed by atoms with van der Waals surface area (Å²) in [5, 5.41) is 0. The van der Waals surface area contributed by atoms with Gasteiger partial charge in [-0.15, -0.1) is 0 Å². The van der Waals surface area contributed by atoms with Crippen molar-refractivity contribution >= 4 is 10.0 Å². The maximum absolute atomic E-state index is 12.1. The number of hydrogen-bond acceptors (Lipinski definition) is 6. The number of sulfonamides is 1. The smallest absolute Gasteiger partial charge is 0.211 e. The van der Waals surface area contributed by atoms with Crippen molar-refractivity contribution in [2.75, 3.05) is 52.2 Å². The van der Waals surface area contributed by atoms with Gasteiger partial charge in [-0.3, -0.25) is 9.80 Å². The third-order valence-corrected chi connectivity index (χ3v) is 6.39. The van der Waals surface area contributed by atoms with Crippen molar-refractivity contribution in [2.45, 2.75) is 18.1 Å². The SMILES string of the molecule is CS(=O)(=O)N1C[C@@H]2COCCN2C2(CN(Cc3cnc[nH]3)C2)C1. The Bertz CT molecular complexity index is 656. The standard InChI is InChI=1S/C14H23N5O3S/c1-23(20,21)18-6-13-7-22-3-2-19(13)14(10-18)8-17(9-14)5-12-4-15-11-16-12/h4,11,13H,2-3,5-10H2,1H3,(H,15,16)/t13-/m1/s1. The molecule has 4 heterocycles. The highest BCUT2D eigenvalue weighted by molar-refractivity contribution is 7.88. The predicted molar refractivity (Wildman–Crippen MR) is 84.3 cm³/mol. The number of piperazine rings is 1. The molecule has 1 atom stereocenters. The molecule has 0 saturated carbocycles. The molecule has 0 aliphatic carbocycles. The molecule has 1 spiro atoms. The van der Waals surface area contributed by atoms with E-state index in [9.17, 15) is 8.42 Å². The molecule has 0 unspecified atom stereocenters. The minimum Gasteiger partial charge on any atom is -0.378 e. The summed E-state index contributed by atoms with van der Waals surface area (Å²) in [6, 6.07) is 0.168. The van der Waals surface area contributed by atoms with Gasteiger partial charge in [-0.25, -0.2) is 13.4 Å². The van der Waals surface area contributed by atoms with Gasteiger partial charge in [-0.1, -0.05) is 0 Å². The van der Waals surface area contributed by atoms with E-state index in [1.54, 1.807) is 10.6 Å². The Morgan fingerprint density at radius 3 is 2.96 bits per heavy atom. The molecule has 23 heavy (non-hydrogen) atoms. The van der Waals surface area contributed by atoms with Crippen molar-refractivity contribution in [3.05, 3.63) is 18.2 Å². The summed E-state index contributed by atoms with van der Waals surface area (Å²) in [7, 11) is -3.17. The lowest BCUT2D eigenvalue weighted by Crippen LogP contribution is -2.80. The summed E-state index contributed by atoms with van der Waals surface area (Å²) in [5.74, 6) is 0. The summed E-state index contributed by atoms with van der Waals surface area (Å²) >= 11 is 0. The van der Waals surface area contributed by atoms with Crippen LogP contribution in [-0.2, 0) is 21.3 Å². The van der Waals surface area contributed by atoms with Gasteiger partial charge in [0.2, 0.25) is 10.0 Å². The highest BCUT2D eigenvalue weighted by atomic mass is 32.2. The number of ether oxygens (including phenoxy) is 1. The monoisotopic (exact) mass is 341 g/mol. The van der Waals surface area contributed by atoms with Crippen LogP contribution in [-0.4, -0.2) is 96.3 Å². The minimum atomic E-state index is -3.17. The van der Waals surface area contributed by atoms with Crippen molar-refractivity contribution in [3.63, 3.8) is 0 Å². The molecule has 9 heteroatoms. The van der Waals surface area contributed by atoms with Crippen LogP contribution in [0.3, 0.4) is 0 Å². The van der Waals surface area contributed by atoms with Crippen LogP contribution in [0.5, 0.6) is 0 Å². The summed E-state index contributed by atoms with van der Waals surface area (Å²) in [4.78, 5) is 12.0. The normalized spacial score (nSPS) is 29.3. The Morgan fingerprint density at radius 2 is 2.26 bits per heavy atom. The third kappa shape index (κ3) is 2.80. The zero-order valence-corrected chi connectivity index (χ0v) is 14.1. The van der Waals surface area contributed by atoms with Crippen LogP contribution in [0.15, 0.2) is 12.5 Å². The molecule has 0 bridgehead atoms. The molecule has 1 aromatic heterocycles. The van der Waals surface area contributed by atoms with Crippen LogP contribution in [0.1, 0.15) is 5.69 Å². The Labute approximate surface area is 136 Å². The predicted octanol–water partition coefficient (Wildman–Crippen LogP) is -1.06. The van der Waals surface area contributed by atoms with E-state index < -0.39 is 10.0 Å². The number of rotatable bonds is 3. The number of hydrogen-bond donors (Lipinski definition) is 1. The first-order valence-corrected chi connectivity index (χ1v) is 9.80. The van der Waals surface area contributed by atoms with Crippen molar-refractivity contribution in [1.82, 2.24) is 24.1 Å². The zero-order chi connectivity index (χ0) is 16.1. The van der Waals surface area contributed by atoms with E-state index in [4.69, 9.17) is 4.74 Å². The highest BCUT2D eigenvalue weighted by Gasteiger charge is 2.55. The van der Waals surface area contributed by atoms with Crippen LogP contribution in [0.25, 0.3) is 0 Å². The van der Waals surface area contributed by atoms with E-state index in [1.165, 1.54) is 6.26 Å². The molecule has 4 rings (SSSR count). The highest BCUT2D eigenvalue weighted by Crippen LogP contribution is 2.36. The second kappa shape index (κ2) is 5.52. The second-order valence-electron chi connectivity index (χ2n) is 6.92. The summed E-state index contributed by atoms with van der Waals surface area (Å²) in [6.07, 6.45) is 4.84. The van der Waals surface area contributed by atoms with E-state index >= 15 is 0 Å². The molecular formula is C14H23N5O3S. The fourth-order valence-corrected chi connectivity index (χ4v) is 5.11. The molecule has 3 aliphatic rings. The van der Waals surface area contributed by atoms with E-state index in [1.807, 2.05) is 6.20 Å². The van der Waals surface area contributed by atoms with Gasteiger partial charge in [0.25, 0.3) is 0 Å². The van der Waals surface area contributed by atoms with E-state index in [2.05, 4.69) is 19.8 Å². The molecular weight excluding hydrogens is 318 g/mol. The van der Waals surface area contributed by atoms with E-state index in [0.717, 1.165) is 38.5 Å². The van der Waals surface area contributed by atoms with Gasteiger partial charge >= 0.3 is 0 Å². The molecule has 3 fully saturated rings. The first-order chi connectivity index (χ1) is 11.0. The summed E-state index contributed by atoms with van der Waals surface area (Å²) in [5.41, 5.74) is 1.02. The number of likely N-dealkylation sites (tertiary alicyclic amines) is 1. The molecule has 0 aromatic carbocycles. The molecule has 1 N–H and O–H groups in total. The third-order valence-electron chi connectivity index (χ3n) is 5.18. The first-order valence-electron chi connectivity index (χ1n) is 7.96. The Kier molecular flexibility index (Phi) is 3.73. The first kappa shape index (κ1) is 15.5. The van der Waals surface area contributed by atoms with Crippen molar-refractivity contribution in [2.24, 2.45) is 0 Å². The van der Waals surface area contributed by atoms with Crippen molar-refractivity contribution in [1.29, 1.82) is 0 Å². The van der Waals surface area contributed by atoms with Gasteiger partial charge in [-0.05, 0) is 0 Å². The molecule has 3 saturated heterocycles. The van der Waals surface area contributed by atoms with Gasteiger partial charge in [0, 0.05) is 57.2 Å². The molecule has 3 aliphatic heterocycles. The summed E-state index contributed by atoms with van der Waals surface area (Å²) < 4.78 is 31.4. The number of fused-ring (bicyclic) bond motifs is 2. The Balaban J connectivity index is 1.51. The number of nitrogens with zero attached hydrogens (tertiary/aromatic N) is 4. The van der Waals surface area contributed by atoms with Crippen molar-refractivity contribution in [3.8, 4) is 0 Å². The number of aromatic amines is 1. The van der Waals surface area contributed by atoms with Crippen LogP contribution in [0.4, 0.5) is 0 Å². The molecule has 8 nitrogen and oxygen atoms in total. The zero-order valence-electron chi connectivity index (χ0n) is 13.3. The second-order valence-corrected chi connectivity index (χ2v) is 8.91. The topological polar surface area (TPSA) is 81.8 Å². The van der Waals surface area contributed by atoms with Gasteiger partial charge in [0.1, 0.15) is 0 Å². The van der Waals surface area contributed by atoms with Gasteiger partial charge in [0.15, 0.2) is 0 Å². The molecule has 0 amide bonds. The summed E-state index contributed by atoms with van der Waals surface area (Å²) in [6.45, 7) is 5.97. The van der Waals surface area contributed by atoms with Crippen LogP contribution in [0.2, 0.25) is 0 Å². The number of morpholine rings is 1. The average molecular weight is 341 g/mol. The number of imidazole rings is 1.